The topological polar surface area (TPSA) is 29.9 Å². The van der Waals surface area contributed by atoms with Crippen molar-refractivity contribution in [3.05, 3.63) is 52.3 Å². The van der Waals surface area contributed by atoms with Crippen molar-refractivity contribution in [2.45, 2.75) is 26.4 Å². The monoisotopic (exact) mass is 307 g/mol. The van der Waals surface area contributed by atoms with E-state index in [1.54, 1.807) is 0 Å². The molecule has 96 valence electrons. The van der Waals surface area contributed by atoms with Gasteiger partial charge < -0.3 is 5.32 Å². The Morgan fingerprint density at radius 1 is 1.33 bits per heavy atom. The lowest BCUT2D eigenvalue weighted by atomic mass is 10.1. The van der Waals surface area contributed by atoms with Crippen LogP contribution in [0.3, 0.4) is 0 Å². The van der Waals surface area contributed by atoms with Crippen LogP contribution in [0.1, 0.15) is 24.1 Å². The molecule has 0 radical (unpaired) electrons. The predicted octanol–water partition coefficient (Wildman–Crippen LogP) is 3.30. The summed E-state index contributed by atoms with van der Waals surface area (Å²) in [7, 11) is 0. The van der Waals surface area contributed by atoms with Crippen LogP contribution < -0.4 is 5.32 Å². The number of aryl methyl sites for hydroxylation is 1. The SMILES string of the molecule is Cc1cnn(CCN[C@@H](C)c2ccc(Br)cc2)c1. The van der Waals surface area contributed by atoms with Crippen molar-refractivity contribution < 1.29 is 0 Å². The summed E-state index contributed by atoms with van der Waals surface area (Å²) in [5, 5.41) is 7.77. The van der Waals surface area contributed by atoms with Crippen LogP contribution in [0, 0.1) is 6.92 Å². The van der Waals surface area contributed by atoms with Gasteiger partial charge in [0.25, 0.3) is 0 Å². The van der Waals surface area contributed by atoms with Crippen LogP contribution >= 0.6 is 15.9 Å². The number of hydrogen-bond acceptors (Lipinski definition) is 2. The van der Waals surface area contributed by atoms with Gasteiger partial charge in [0.2, 0.25) is 0 Å². The fourth-order valence-electron chi connectivity index (χ4n) is 1.85. The van der Waals surface area contributed by atoms with E-state index in [-0.39, 0.29) is 0 Å². The van der Waals surface area contributed by atoms with E-state index in [4.69, 9.17) is 0 Å². The number of halogens is 1. The molecule has 0 aliphatic carbocycles. The van der Waals surface area contributed by atoms with Gasteiger partial charge in [-0.15, -0.1) is 0 Å². The minimum atomic E-state index is 0.356. The average Bonchev–Trinajstić information content (AvgIpc) is 2.76. The van der Waals surface area contributed by atoms with Crippen molar-refractivity contribution in [3.8, 4) is 0 Å². The number of rotatable bonds is 5. The molecule has 0 saturated carbocycles. The van der Waals surface area contributed by atoms with Crippen molar-refractivity contribution in [1.29, 1.82) is 0 Å². The van der Waals surface area contributed by atoms with Crippen molar-refractivity contribution in [1.82, 2.24) is 15.1 Å². The van der Waals surface area contributed by atoms with E-state index >= 15 is 0 Å². The summed E-state index contributed by atoms with van der Waals surface area (Å²) in [5.41, 5.74) is 2.51. The Morgan fingerprint density at radius 2 is 2.06 bits per heavy atom. The molecule has 1 N–H and O–H groups in total. The molecule has 18 heavy (non-hydrogen) atoms. The van der Waals surface area contributed by atoms with Gasteiger partial charge in [0.05, 0.1) is 12.7 Å². The van der Waals surface area contributed by atoms with Gasteiger partial charge in [-0.2, -0.15) is 5.10 Å². The first-order valence-electron chi connectivity index (χ1n) is 6.13. The summed E-state index contributed by atoms with van der Waals surface area (Å²) in [4.78, 5) is 0. The Balaban J connectivity index is 1.81. The summed E-state index contributed by atoms with van der Waals surface area (Å²) in [6.07, 6.45) is 3.95. The minimum absolute atomic E-state index is 0.356. The highest BCUT2D eigenvalue weighted by molar-refractivity contribution is 9.10. The molecule has 1 aromatic carbocycles. The predicted molar refractivity (Wildman–Crippen MR) is 77.5 cm³/mol. The minimum Gasteiger partial charge on any atom is -0.308 e. The molecule has 0 unspecified atom stereocenters. The highest BCUT2D eigenvalue weighted by Crippen LogP contribution is 2.16. The Labute approximate surface area is 116 Å². The molecule has 0 aliphatic rings. The molecule has 0 amide bonds. The Bertz CT molecular complexity index is 490. The van der Waals surface area contributed by atoms with Gasteiger partial charge in [0.15, 0.2) is 0 Å². The zero-order valence-corrected chi connectivity index (χ0v) is 12.3. The molecular weight excluding hydrogens is 290 g/mol. The van der Waals surface area contributed by atoms with Gasteiger partial charge in [0.1, 0.15) is 0 Å². The number of aromatic nitrogens is 2. The first-order valence-corrected chi connectivity index (χ1v) is 6.92. The molecule has 0 bridgehead atoms. The molecule has 4 heteroatoms. The third-order valence-electron chi connectivity index (χ3n) is 2.92. The van der Waals surface area contributed by atoms with Crippen molar-refractivity contribution in [2.75, 3.05) is 6.54 Å². The first kappa shape index (κ1) is 13.3. The smallest absolute Gasteiger partial charge is 0.0534 e. The van der Waals surface area contributed by atoms with Crippen molar-refractivity contribution in [3.63, 3.8) is 0 Å². The van der Waals surface area contributed by atoms with Gasteiger partial charge in [-0.25, -0.2) is 0 Å². The number of hydrogen-bond donors (Lipinski definition) is 1. The third kappa shape index (κ3) is 3.68. The lowest BCUT2D eigenvalue weighted by Gasteiger charge is -2.14. The second-order valence-electron chi connectivity index (χ2n) is 4.51. The van der Waals surface area contributed by atoms with E-state index in [1.165, 1.54) is 11.1 Å². The summed E-state index contributed by atoms with van der Waals surface area (Å²) in [6, 6.07) is 8.78. The van der Waals surface area contributed by atoms with Crippen LogP contribution in [0.5, 0.6) is 0 Å². The molecule has 2 rings (SSSR count). The Morgan fingerprint density at radius 3 is 2.67 bits per heavy atom. The van der Waals surface area contributed by atoms with Crippen molar-refractivity contribution in [2.24, 2.45) is 0 Å². The highest BCUT2D eigenvalue weighted by atomic mass is 79.9. The number of nitrogens with zero attached hydrogens (tertiary/aromatic N) is 2. The number of nitrogens with one attached hydrogen (secondary N) is 1. The van der Waals surface area contributed by atoms with Crippen LogP contribution in [-0.2, 0) is 6.54 Å². The van der Waals surface area contributed by atoms with Gasteiger partial charge in [-0.05, 0) is 37.1 Å². The van der Waals surface area contributed by atoms with Crippen LogP contribution in [0.4, 0.5) is 0 Å². The van der Waals surface area contributed by atoms with E-state index in [0.717, 1.165) is 17.6 Å². The second-order valence-corrected chi connectivity index (χ2v) is 5.42. The molecule has 3 nitrogen and oxygen atoms in total. The molecule has 0 spiro atoms. The van der Waals surface area contributed by atoms with E-state index < -0.39 is 0 Å². The molecule has 0 fully saturated rings. The van der Waals surface area contributed by atoms with E-state index in [1.807, 2.05) is 10.9 Å². The van der Waals surface area contributed by atoms with E-state index in [2.05, 4.69) is 70.7 Å². The van der Waals surface area contributed by atoms with Crippen LogP contribution in [0.15, 0.2) is 41.1 Å². The fraction of sp³-hybridized carbons (Fsp3) is 0.357. The summed E-state index contributed by atoms with van der Waals surface area (Å²) < 4.78 is 3.09. The van der Waals surface area contributed by atoms with Crippen LogP contribution in [0.2, 0.25) is 0 Å². The largest absolute Gasteiger partial charge is 0.308 e. The zero-order chi connectivity index (χ0) is 13.0. The maximum atomic E-state index is 4.27. The standard InChI is InChI=1S/C14H18BrN3/c1-11-9-17-18(10-11)8-7-16-12(2)13-3-5-14(15)6-4-13/h3-6,9-10,12,16H,7-8H2,1-2H3/t12-/m0/s1. The van der Waals surface area contributed by atoms with Crippen LogP contribution in [-0.4, -0.2) is 16.3 Å². The maximum absolute atomic E-state index is 4.27. The molecule has 0 aliphatic heterocycles. The molecular formula is C14H18BrN3. The average molecular weight is 308 g/mol. The quantitative estimate of drug-likeness (QED) is 0.918. The molecule has 1 heterocycles. The lowest BCUT2D eigenvalue weighted by molar-refractivity contribution is 0.507. The van der Waals surface area contributed by atoms with Crippen LogP contribution in [0.25, 0.3) is 0 Å². The first-order chi connectivity index (χ1) is 8.65. The summed E-state index contributed by atoms with van der Waals surface area (Å²) >= 11 is 3.45. The molecule has 1 atom stereocenters. The maximum Gasteiger partial charge on any atom is 0.0534 e. The van der Waals surface area contributed by atoms with Crippen molar-refractivity contribution >= 4 is 15.9 Å². The normalized spacial score (nSPS) is 12.6. The fourth-order valence-corrected chi connectivity index (χ4v) is 2.12. The Hall–Kier alpha value is -1.13. The Kier molecular flexibility index (Phi) is 4.55. The molecule has 1 aromatic heterocycles. The third-order valence-corrected chi connectivity index (χ3v) is 3.45. The van der Waals surface area contributed by atoms with Gasteiger partial charge in [-0.3, -0.25) is 4.68 Å². The molecule has 0 saturated heterocycles. The van der Waals surface area contributed by atoms with Gasteiger partial charge in [0, 0.05) is 23.3 Å². The molecule has 2 aromatic rings. The lowest BCUT2D eigenvalue weighted by Crippen LogP contribution is -2.23. The van der Waals surface area contributed by atoms with E-state index in [0.29, 0.717) is 6.04 Å². The van der Waals surface area contributed by atoms with Gasteiger partial charge in [-0.1, -0.05) is 28.1 Å². The van der Waals surface area contributed by atoms with Gasteiger partial charge >= 0.3 is 0 Å². The summed E-state index contributed by atoms with van der Waals surface area (Å²) in [5.74, 6) is 0. The second kappa shape index (κ2) is 6.16. The van der Waals surface area contributed by atoms with E-state index in [9.17, 15) is 0 Å². The summed E-state index contributed by atoms with van der Waals surface area (Å²) in [6.45, 7) is 6.05. The highest BCUT2D eigenvalue weighted by Gasteiger charge is 2.04. The zero-order valence-electron chi connectivity index (χ0n) is 10.7. The number of benzene rings is 1.